The number of ether oxygens (including phenoxy) is 1. The van der Waals surface area contributed by atoms with E-state index in [1.807, 2.05) is 55.6 Å². The smallest absolute Gasteiger partial charge is 0.260 e. The van der Waals surface area contributed by atoms with E-state index in [2.05, 4.69) is 15.5 Å². The van der Waals surface area contributed by atoms with Gasteiger partial charge in [0.15, 0.2) is 0 Å². The van der Waals surface area contributed by atoms with Crippen LogP contribution in [0.25, 0.3) is 22.8 Å². The van der Waals surface area contributed by atoms with E-state index in [1.165, 1.54) is 0 Å². The SMILES string of the molecule is CNc1ccccc1-c1nc(-c2cccc(OC)c2)no1. The average Bonchev–Trinajstić information content (AvgIpc) is 3.04. The molecule has 1 N–H and O–H groups in total. The number of hydrogen-bond acceptors (Lipinski definition) is 5. The first-order valence-electron chi connectivity index (χ1n) is 6.57. The molecule has 0 bridgehead atoms. The summed E-state index contributed by atoms with van der Waals surface area (Å²) < 4.78 is 10.6. The number of nitrogens with one attached hydrogen (secondary N) is 1. The molecule has 0 spiro atoms. The molecule has 0 saturated carbocycles. The van der Waals surface area contributed by atoms with Crippen molar-refractivity contribution in [1.82, 2.24) is 10.1 Å². The predicted octanol–water partition coefficient (Wildman–Crippen LogP) is 3.45. The van der Waals surface area contributed by atoms with Crippen LogP contribution in [0.5, 0.6) is 5.75 Å². The second-order valence-corrected chi connectivity index (χ2v) is 4.45. The van der Waals surface area contributed by atoms with Gasteiger partial charge in [-0.15, -0.1) is 0 Å². The van der Waals surface area contributed by atoms with Crippen LogP contribution in [-0.2, 0) is 0 Å². The van der Waals surface area contributed by atoms with E-state index in [9.17, 15) is 0 Å². The molecule has 0 aliphatic carbocycles. The first-order chi connectivity index (χ1) is 10.3. The lowest BCUT2D eigenvalue weighted by molar-refractivity contribution is 0.414. The third kappa shape index (κ3) is 2.58. The van der Waals surface area contributed by atoms with Gasteiger partial charge in [0.2, 0.25) is 5.82 Å². The third-order valence-corrected chi connectivity index (χ3v) is 3.18. The van der Waals surface area contributed by atoms with Crippen LogP contribution in [0.15, 0.2) is 53.1 Å². The summed E-state index contributed by atoms with van der Waals surface area (Å²) in [6.45, 7) is 0. The molecule has 21 heavy (non-hydrogen) atoms. The van der Waals surface area contributed by atoms with Crippen molar-refractivity contribution in [3.63, 3.8) is 0 Å². The molecule has 5 nitrogen and oxygen atoms in total. The Kier molecular flexibility index (Phi) is 3.55. The lowest BCUT2D eigenvalue weighted by Gasteiger charge is -2.03. The molecule has 0 fully saturated rings. The standard InChI is InChI=1S/C16H15N3O2/c1-17-14-9-4-3-8-13(14)16-18-15(19-21-16)11-6-5-7-12(10-11)20-2/h3-10,17H,1-2H3. The van der Waals surface area contributed by atoms with Crippen LogP contribution in [0.3, 0.4) is 0 Å². The van der Waals surface area contributed by atoms with Crippen LogP contribution >= 0.6 is 0 Å². The molecule has 3 rings (SSSR count). The Bertz CT molecular complexity index is 753. The van der Waals surface area contributed by atoms with Gasteiger partial charge < -0.3 is 14.6 Å². The molecule has 1 heterocycles. The van der Waals surface area contributed by atoms with Gasteiger partial charge in [0.1, 0.15) is 5.75 Å². The van der Waals surface area contributed by atoms with Crippen molar-refractivity contribution in [3.8, 4) is 28.6 Å². The van der Waals surface area contributed by atoms with Crippen LogP contribution in [0, 0.1) is 0 Å². The van der Waals surface area contributed by atoms with E-state index in [0.29, 0.717) is 11.7 Å². The Morgan fingerprint density at radius 2 is 1.95 bits per heavy atom. The number of anilines is 1. The second kappa shape index (κ2) is 5.66. The number of para-hydroxylation sites is 1. The van der Waals surface area contributed by atoms with Crippen LogP contribution < -0.4 is 10.1 Å². The molecule has 0 radical (unpaired) electrons. The number of rotatable bonds is 4. The van der Waals surface area contributed by atoms with E-state index < -0.39 is 0 Å². The zero-order valence-electron chi connectivity index (χ0n) is 11.8. The number of hydrogen-bond donors (Lipinski definition) is 1. The fourth-order valence-corrected chi connectivity index (χ4v) is 2.10. The van der Waals surface area contributed by atoms with Crippen LogP contribution in [0.4, 0.5) is 5.69 Å². The van der Waals surface area contributed by atoms with Crippen LogP contribution in [0.1, 0.15) is 0 Å². The van der Waals surface area contributed by atoms with Crippen molar-refractivity contribution in [2.24, 2.45) is 0 Å². The highest BCUT2D eigenvalue weighted by Gasteiger charge is 2.13. The molecule has 106 valence electrons. The molecule has 0 aliphatic heterocycles. The minimum absolute atomic E-state index is 0.484. The van der Waals surface area contributed by atoms with Gasteiger partial charge >= 0.3 is 0 Å². The summed E-state index contributed by atoms with van der Waals surface area (Å²) in [5.74, 6) is 1.78. The van der Waals surface area contributed by atoms with Crippen molar-refractivity contribution in [3.05, 3.63) is 48.5 Å². The van der Waals surface area contributed by atoms with Gasteiger partial charge in [-0.05, 0) is 24.3 Å². The first kappa shape index (κ1) is 13.2. The fraction of sp³-hybridized carbons (Fsp3) is 0.125. The Morgan fingerprint density at radius 3 is 2.76 bits per heavy atom. The molecule has 5 heteroatoms. The second-order valence-electron chi connectivity index (χ2n) is 4.45. The van der Waals surface area contributed by atoms with Gasteiger partial charge in [0.25, 0.3) is 5.89 Å². The van der Waals surface area contributed by atoms with Gasteiger partial charge in [-0.3, -0.25) is 0 Å². The normalized spacial score (nSPS) is 10.4. The highest BCUT2D eigenvalue weighted by molar-refractivity contribution is 5.73. The summed E-state index contributed by atoms with van der Waals surface area (Å²) >= 11 is 0. The molecule has 0 unspecified atom stereocenters. The topological polar surface area (TPSA) is 60.2 Å². The molecule has 0 atom stereocenters. The number of methoxy groups -OCH3 is 1. The fourth-order valence-electron chi connectivity index (χ4n) is 2.10. The number of nitrogens with zero attached hydrogens (tertiary/aromatic N) is 2. The minimum Gasteiger partial charge on any atom is -0.497 e. The maximum atomic E-state index is 5.38. The lowest BCUT2D eigenvalue weighted by atomic mass is 10.1. The molecule has 0 aliphatic rings. The lowest BCUT2D eigenvalue weighted by Crippen LogP contribution is -1.91. The molecular weight excluding hydrogens is 266 g/mol. The van der Waals surface area contributed by atoms with Crippen LogP contribution in [0.2, 0.25) is 0 Å². The van der Waals surface area contributed by atoms with Gasteiger partial charge in [-0.25, -0.2) is 0 Å². The Morgan fingerprint density at radius 1 is 1.10 bits per heavy atom. The van der Waals surface area contributed by atoms with Gasteiger partial charge in [0.05, 0.1) is 12.7 Å². The summed E-state index contributed by atoms with van der Waals surface area (Å²) in [6.07, 6.45) is 0. The third-order valence-electron chi connectivity index (χ3n) is 3.18. The quantitative estimate of drug-likeness (QED) is 0.793. The van der Waals surface area contributed by atoms with Crippen molar-refractivity contribution >= 4 is 5.69 Å². The average molecular weight is 281 g/mol. The van der Waals surface area contributed by atoms with Gasteiger partial charge in [-0.2, -0.15) is 4.98 Å². The Labute approximate surface area is 122 Å². The monoisotopic (exact) mass is 281 g/mol. The van der Waals surface area contributed by atoms with E-state index in [1.54, 1.807) is 7.11 Å². The number of benzene rings is 2. The van der Waals surface area contributed by atoms with Gasteiger partial charge in [-0.1, -0.05) is 29.4 Å². The van der Waals surface area contributed by atoms with Gasteiger partial charge in [0, 0.05) is 18.3 Å². The van der Waals surface area contributed by atoms with E-state index in [-0.39, 0.29) is 0 Å². The van der Waals surface area contributed by atoms with Crippen molar-refractivity contribution in [1.29, 1.82) is 0 Å². The summed E-state index contributed by atoms with van der Waals surface area (Å²) in [7, 11) is 3.49. The van der Waals surface area contributed by atoms with Crippen LogP contribution in [-0.4, -0.2) is 24.3 Å². The Balaban J connectivity index is 1.99. The zero-order chi connectivity index (χ0) is 14.7. The molecular formula is C16H15N3O2. The van der Waals surface area contributed by atoms with E-state index in [4.69, 9.17) is 9.26 Å². The summed E-state index contributed by atoms with van der Waals surface area (Å²) in [6, 6.07) is 15.4. The summed E-state index contributed by atoms with van der Waals surface area (Å²) in [4.78, 5) is 4.46. The molecule has 2 aromatic carbocycles. The highest BCUT2D eigenvalue weighted by Crippen LogP contribution is 2.28. The minimum atomic E-state index is 0.484. The molecule has 1 aromatic heterocycles. The molecule has 3 aromatic rings. The summed E-state index contributed by atoms with van der Waals surface area (Å²) in [5, 5.41) is 7.16. The van der Waals surface area contributed by atoms with Crippen molar-refractivity contribution < 1.29 is 9.26 Å². The largest absolute Gasteiger partial charge is 0.497 e. The highest BCUT2D eigenvalue weighted by atomic mass is 16.5. The van der Waals surface area contributed by atoms with E-state index in [0.717, 1.165) is 22.6 Å². The maximum absolute atomic E-state index is 5.38. The predicted molar refractivity (Wildman–Crippen MR) is 81.3 cm³/mol. The molecule has 0 saturated heterocycles. The first-order valence-corrected chi connectivity index (χ1v) is 6.57. The Hall–Kier alpha value is -2.82. The molecule has 0 amide bonds. The van der Waals surface area contributed by atoms with Crippen molar-refractivity contribution in [2.45, 2.75) is 0 Å². The van der Waals surface area contributed by atoms with Crippen molar-refractivity contribution in [2.75, 3.05) is 19.5 Å². The zero-order valence-corrected chi connectivity index (χ0v) is 11.8. The van der Waals surface area contributed by atoms with E-state index >= 15 is 0 Å². The summed E-state index contributed by atoms with van der Waals surface area (Å²) in [5.41, 5.74) is 2.67. The number of aromatic nitrogens is 2. The maximum Gasteiger partial charge on any atom is 0.260 e.